The molecule has 0 saturated carbocycles. The van der Waals surface area contributed by atoms with Gasteiger partial charge in [-0.3, -0.25) is 0 Å². The first-order valence-electron chi connectivity index (χ1n) is 4.26. The number of nitrogens with zero attached hydrogens (tertiary/aromatic N) is 2. The molecule has 13 heavy (non-hydrogen) atoms. The van der Waals surface area contributed by atoms with E-state index in [1.54, 1.807) is 7.11 Å². The number of aryl methyl sites for hydroxylation is 1. The molecule has 0 aliphatic heterocycles. The Bertz CT molecular complexity index is 270. The maximum absolute atomic E-state index is 5.32. The van der Waals surface area contributed by atoms with Crippen LogP contribution in [0.5, 0.6) is 0 Å². The van der Waals surface area contributed by atoms with Gasteiger partial charge in [0.15, 0.2) is 0 Å². The normalized spacial score (nSPS) is 12.0. The lowest BCUT2D eigenvalue weighted by atomic mass is 10.1. The van der Waals surface area contributed by atoms with Gasteiger partial charge in [-0.05, 0) is 36.2 Å². The van der Waals surface area contributed by atoms with Crippen molar-refractivity contribution in [3.8, 4) is 0 Å². The Morgan fingerprint density at radius 1 is 1.62 bits per heavy atom. The van der Waals surface area contributed by atoms with E-state index in [0.29, 0.717) is 0 Å². The Kier molecular flexibility index (Phi) is 3.50. The second kappa shape index (κ2) is 4.24. The van der Waals surface area contributed by atoms with Gasteiger partial charge < -0.3 is 9.30 Å². The summed E-state index contributed by atoms with van der Waals surface area (Å²) in [6, 6.07) is 0. The molecule has 0 saturated heterocycles. The highest BCUT2D eigenvalue weighted by atomic mass is 79.9. The number of aromatic nitrogens is 2. The molecule has 1 aromatic heterocycles. The molecule has 0 aliphatic rings. The third-order valence-corrected chi connectivity index (χ3v) is 2.54. The van der Waals surface area contributed by atoms with Crippen molar-refractivity contribution in [2.45, 2.75) is 32.4 Å². The van der Waals surface area contributed by atoms with Gasteiger partial charge in [-0.25, -0.2) is 4.98 Å². The van der Waals surface area contributed by atoms with Gasteiger partial charge in [-0.15, -0.1) is 0 Å². The number of hydrogen-bond acceptors (Lipinski definition) is 2. The minimum Gasteiger partial charge on any atom is -0.379 e. The van der Waals surface area contributed by atoms with Gasteiger partial charge in [-0.2, -0.15) is 0 Å². The molecule has 0 unspecified atom stereocenters. The van der Waals surface area contributed by atoms with Crippen LogP contribution in [0, 0.1) is 0 Å². The SMILES string of the molecule is COC(C)(C)CCn1cnc(Br)c1. The molecule has 0 spiro atoms. The summed E-state index contributed by atoms with van der Waals surface area (Å²) < 4.78 is 8.24. The van der Waals surface area contributed by atoms with Crippen molar-refractivity contribution >= 4 is 15.9 Å². The fraction of sp³-hybridized carbons (Fsp3) is 0.667. The molecule has 0 aromatic carbocycles. The van der Waals surface area contributed by atoms with E-state index in [1.807, 2.05) is 17.1 Å². The number of rotatable bonds is 4. The fourth-order valence-corrected chi connectivity index (χ4v) is 1.31. The standard InChI is InChI=1S/C9H15BrN2O/c1-9(2,13-3)4-5-12-6-8(10)11-7-12/h6-7H,4-5H2,1-3H3. The minimum atomic E-state index is -0.0588. The van der Waals surface area contributed by atoms with Crippen LogP contribution in [0.3, 0.4) is 0 Å². The van der Waals surface area contributed by atoms with Gasteiger partial charge in [0, 0.05) is 19.9 Å². The Morgan fingerprint density at radius 2 is 2.31 bits per heavy atom. The summed E-state index contributed by atoms with van der Waals surface area (Å²) in [6.45, 7) is 5.09. The van der Waals surface area contributed by atoms with Crippen LogP contribution in [0.2, 0.25) is 0 Å². The highest BCUT2D eigenvalue weighted by molar-refractivity contribution is 9.10. The zero-order valence-electron chi connectivity index (χ0n) is 8.25. The fourth-order valence-electron chi connectivity index (χ4n) is 0.956. The highest BCUT2D eigenvalue weighted by Crippen LogP contribution is 2.14. The van der Waals surface area contributed by atoms with Crippen LogP contribution in [-0.2, 0) is 11.3 Å². The summed E-state index contributed by atoms with van der Waals surface area (Å²) in [7, 11) is 1.74. The molecular formula is C9H15BrN2O. The Morgan fingerprint density at radius 3 is 2.77 bits per heavy atom. The van der Waals surface area contributed by atoms with Crippen LogP contribution in [-0.4, -0.2) is 22.3 Å². The summed E-state index contributed by atoms with van der Waals surface area (Å²) in [5.74, 6) is 0. The summed E-state index contributed by atoms with van der Waals surface area (Å²) in [4.78, 5) is 4.08. The summed E-state index contributed by atoms with van der Waals surface area (Å²) in [6.07, 6.45) is 4.76. The first-order chi connectivity index (χ1) is 6.03. The molecule has 0 amide bonds. The van der Waals surface area contributed by atoms with E-state index in [2.05, 4.69) is 34.8 Å². The van der Waals surface area contributed by atoms with E-state index >= 15 is 0 Å². The number of hydrogen-bond donors (Lipinski definition) is 0. The average molecular weight is 247 g/mol. The van der Waals surface area contributed by atoms with E-state index in [1.165, 1.54) is 0 Å². The van der Waals surface area contributed by atoms with Crippen LogP contribution >= 0.6 is 15.9 Å². The Balaban J connectivity index is 2.43. The monoisotopic (exact) mass is 246 g/mol. The predicted octanol–water partition coefficient (Wildman–Crippen LogP) is 2.46. The number of imidazole rings is 1. The summed E-state index contributed by atoms with van der Waals surface area (Å²) >= 11 is 3.31. The summed E-state index contributed by atoms with van der Waals surface area (Å²) in [5.41, 5.74) is -0.0588. The molecule has 3 nitrogen and oxygen atoms in total. The Labute approximate surface area is 87.2 Å². The maximum Gasteiger partial charge on any atom is 0.124 e. The molecule has 1 aromatic rings. The second-order valence-corrected chi connectivity index (χ2v) is 4.46. The van der Waals surface area contributed by atoms with Crippen molar-refractivity contribution in [2.24, 2.45) is 0 Å². The number of methoxy groups -OCH3 is 1. The van der Waals surface area contributed by atoms with Crippen molar-refractivity contribution in [2.75, 3.05) is 7.11 Å². The van der Waals surface area contributed by atoms with Crippen LogP contribution in [0.1, 0.15) is 20.3 Å². The third kappa shape index (κ3) is 3.48. The van der Waals surface area contributed by atoms with Crippen molar-refractivity contribution < 1.29 is 4.74 Å². The summed E-state index contributed by atoms with van der Waals surface area (Å²) in [5, 5.41) is 0. The van der Waals surface area contributed by atoms with Crippen molar-refractivity contribution in [1.29, 1.82) is 0 Å². The van der Waals surface area contributed by atoms with Crippen molar-refractivity contribution in [1.82, 2.24) is 9.55 Å². The van der Waals surface area contributed by atoms with Crippen LogP contribution in [0.4, 0.5) is 0 Å². The number of halogens is 1. The molecule has 1 heterocycles. The molecule has 0 bridgehead atoms. The molecule has 0 radical (unpaired) electrons. The second-order valence-electron chi connectivity index (χ2n) is 3.65. The molecule has 0 aliphatic carbocycles. The number of ether oxygens (including phenoxy) is 1. The first kappa shape index (κ1) is 10.7. The minimum absolute atomic E-state index is 0.0588. The molecule has 74 valence electrons. The van der Waals surface area contributed by atoms with Crippen LogP contribution < -0.4 is 0 Å². The van der Waals surface area contributed by atoms with Gasteiger partial charge in [-0.1, -0.05) is 0 Å². The van der Waals surface area contributed by atoms with Crippen molar-refractivity contribution in [3.63, 3.8) is 0 Å². The van der Waals surface area contributed by atoms with E-state index in [9.17, 15) is 0 Å². The van der Waals surface area contributed by atoms with E-state index in [0.717, 1.165) is 17.6 Å². The van der Waals surface area contributed by atoms with Gasteiger partial charge in [0.05, 0.1) is 11.9 Å². The van der Waals surface area contributed by atoms with Crippen LogP contribution in [0.15, 0.2) is 17.1 Å². The largest absolute Gasteiger partial charge is 0.379 e. The van der Waals surface area contributed by atoms with Gasteiger partial charge in [0.2, 0.25) is 0 Å². The molecule has 1 rings (SSSR count). The van der Waals surface area contributed by atoms with Gasteiger partial charge in [0.25, 0.3) is 0 Å². The lowest BCUT2D eigenvalue weighted by molar-refractivity contribution is 0.0120. The third-order valence-electron chi connectivity index (χ3n) is 2.13. The zero-order valence-corrected chi connectivity index (χ0v) is 9.84. The van der Waals surface area contributed by atoms with E-state index < -0.39 is 0 Å². The Hall–Kier alpha value is -0.350. The maximum atomic E-state index is 5.32. The van der Waals surface area contributed by atoms with E-state index in [4.69, 9.17) is 4.74 Å². The molecule has 0 atom stereocenters. The van der Waals surface area contributed by atoms with Crippen LogP contribution in [0.25, 0.3) is 0 Å². The van der Waals surface area contributed by atoms with Gasteiger partial charge in [0.1, 0.15) is 4.60 Å². The lowest BCUT2D eigenvalue weighted by Gasteiger charge is -2.22. The molecule has 4 heteroatoms. The van der Waals surface area contributed by atoms with Crippen molar-refractivity contribution in [3.05, 3.63) is 17.1 Å². The first-order valence-corrected chi connectivity index (χ1v) is 5.05. The zero-order chi connectivity index (χ0) is 9.90. The molecule has 0 N–H and O–H groups in total. The molecule has 0 fully saturated rings. The highest BCUT2D eigenvalue weighted by Gasteiger charge is 2.15. The average Bonchev–Trinajstić information content (AvgIpc) is 2.48. The predicted molar refractivity (Wildman–Crippen MR) is 55.6 cm³/mol. The molecular weight excluding hydrogens is 232 g/mol. The smallest absolute Gasteiger partial charge is 0.124 e. The van der Waals surface area contributed by atoms with E-state index in [-0.39, 0.29) is 5.60 Å². The topological polar surface area (TPSA) is 27.1 Å². The lowest BCUT2D eigenvalue weighted by Crippen LogP contribution is -2.24. The van der Waals surface area contributed by atoms with Gasteiger partial charge >= 0.3 is 0 Å². The quantitative estimate of drug-likeness (QED) is 0.817.